The highest BCUT2D eigenvalue weighted by Gasteiger charge is 2.03. The van der Waals surface area contributed by atoms with Crippen molar-refractivity contribution in [2.24, 2.45) is 0 Å². The Morgan fingerprint density at radius 2 is 2.36 bits per heavy atom. The fraction of sp³-hybridized carbons (Fsp3) is 0.400. The van der Waals surface area contributed by atoms with Crippen LogP contribution in [0.15, 0.2) is 10.6 Å². The molecule has 0 radical (unpaired) electrons. The summed E-state index contributed by atoms with van der Waals surface area (Å²) in [4.78, 5) is 0. The number of rotatable bonds is 2. The molecule has 6 heteroatoms. The Morgan fingerprint density at radius 1 is 1.73 bits per heavy atom. The molecule has 0 unspecified atom stereocenters. The van der Waals surface area contributed by atoms with E-state index in [0.29, 0.717) is 5.76 Å². The van der Waals surface area contributed by atoms with Gasteiger partial charge in [0.05, 0.1) is 11.4 Å². The molecule has 0 amide bonds. The molecule has 0 aliphatic rings. The first kappa shape index (κ1) is 8.22. The van der Waals surface area contributed by atoms with Gasteiger partial charge in [0.15, 0.2) is 0 Å². The Hall–Kier alpha value is -0.880. The van der Waals surface area contributed by atoms with Gasteiger partial charge < -0.3 is 9.08 Å². The summed E-state index contributed by atoms with van der Waals surface area (Å²) in [5.74, 6) is -0.117. The molecule has 1 rings (SSSR count). The van der Waals surface area contributed by atoms with E-state index >= 15 is 0 Å². The first-order valence-electron chi connectivity index (χ1n) is 2.83. The van der Waals surface area contributed by atoms with Gasteiger partial charge in [-0.05, 0) is 6.92 Å². The van der Waals surface area contributed by atoms with Crippen LogP contribution in [-0.2, 0) is 15.9 Å². The molecule has 0 spiro atoms. The lowest BCUT2D eigenvalue weighted by Gasteiger charge is -2.01. The molecule has 5 nitrogen and oxygen atoms in total. The minimum absolute atomic E-state index is 0.150. The molecule has 0 saturated carbocycles. The van der Waals surface area contributed by atoms with Crippen LogP contribution in [0, 0.1) is 6.92 Å². The van der Waals surface area contributed by atoms with Gasteiger partial charge in [-0.3, -0.25) is 0 Å². The first-order valence-corrected chi connectivity index (χ1v) is 4.41. The van der Waals surface area contributed by atoms with Crippen LogP contribution in [0.25, 0.3) is 0 Å². The number of aryl methyl sites for hydroxylation is 1. The monoisotopic (exact) mass is 176 g/mol. The number of hydrogen-bond acceptors (Lipinski definition) is 5. The van der Waals surface area contributed by atoms with Gasteiger partial charge in [0, 0.05) is 6.07 Å². The van der Waals surface area contributed by atoms with Crippen molar-refractivity contribution in [1.82, 2.24) is 5.16 Å². The van der Waals surface area contributed by atoms with Gasteiger partial charge in [-0.25, -0.2) is 8.42 Å². The summed E-state index contributed by atoms with van der Waals surface area (Å²) in [6.07, 6.45) is 0. The smallest absolute Gasteiger partial charge is 0.133 e. The minimum Gasteiger partial charge on any atom is -0.748 e. The summed E-state index contributed by atoms with van der Waals surface area (Å²) >= 11 is 0. The summed E-state index contributed by atoms with van der Waals surface area (Å²) in [5, 5.41) is 3.35. The van der Waals surface area contributed by atoms with Crippen molar-refractivity contribution < 1.29 is 17.5 Å². The molecule has 62 valence electrons. The molecular formula is C5H6NO4S-. The summed E-state index contributed by atoms with van der Waals surface area (Å²) in [7, 11) is -4.24. The largest absolute Gasteiger partial charge is 0.748 e. The van der Waals surface area contributed by atoms with E-state index in [4.69, 9.17) is 0 Å². The molecule has 11 heavy (non-hydrogen) atoms. The van der Waals surface area contributed by atoms with Crippen LogP contribution in [0.2, 0.25) is 0 Å². The summed E-state index contributed by atoms with van der Waals surface area (Å²) in [6, 6.07) is 1.41. The third kappa shape index (κ3) is 2.69. The average molecular weight is 176 g/mol. The molecule has 0 N–H and O–H groups in total. The van der Waals surface area contributed by atoms with Gasteiger partial charge >= 0.3 is 0 Å². The SMILES string of the molecule is Cc1cc(CS(=O)(=O)[O-])no1. The minimum atomic E-state index is -4.24. The quantitative estimate of drug-likeness (QED) is 0.593. The average Bonchev–Trinajstić information content (AvgIpc) is 2.10. The maximum atomic E-state index is 10.2. The lowest BCUT2D eigenvalue weighted by atomic mass is 10.4. The van der Waals surface area contributed by atoms with Crippen molar-refractivity contribution in [2.75, 3.05) is 0 Å². The molecule has 0 aliphatic carbocycles. The van der Waals surface area contributed by atoms with E-state index in [9.17, 15) is 13.0 Å². The number of nitrogens with zero attached hydrogens (tertiary/aromatic N) is 1. The predicted octanol–water partition coefficient (Wildman–Crippen LogP) is 0.0282. The third-order valence-corrected chi connectivity index (χ3v) is 1.65. The summed E-state index contributed by atoms with van der Waals surface area (Å²) in [6.45, 7) is 1.62. The van der Waals surface area contributed by atoms with Crippen molar-refractivity contribution in [1.29, 1.82) is 0 Å². The standard InChI is InChI=1S/C5H7NO4S/c1-4-2-5(6-10-4)3-11(7,8)9/h2H,3H2,1H3,(H,7,8,9)/p-1. The molecule has 0 atom stereocenters. The highest BCUT2D eigenvalue weighted by Crippen LogP contribution is 2.04. The van der Waals surface area contributed by atoms with E-state index in [0.717, 1.165) is 0 Å². The third-order valence-electron chi connectivity index (χ3n) is 1.00. The Bertz CT molecular complexity index is 339. The van der Waals surface area contributed by atoms with Crippen molar-refractivity contribution >= 4 is 10.1 Å². The Morgan fingerprint density at radius 3 is 2.73 bits per heavy atom. The molecule has 1 aromatic rings. The summed E-state index contributed by atoms with van der Waals surface area (Å²) < 4.78 is 35.1. The first-order chi connectivity index (χ1) is 4.97. The van der Waals surface area contributed by atoms with Crippen LogP contribution in [0.5, 0.6) is 0 Å². The van der Waals surface area contributed by atoms with Crippen LogP contribution in [0.3, 0.4) is 0 Å². The van der Waals surface area contributed by atoms with Crippen LogP contribution in [0.4, 0.5) is 0 Å². The van der Waals surface area contributed by atoms with Crippen molar-refractivity contribution in [2.45, 2.75) is 12.7 Å². The molecule has 0 fully saturated rings. The van der Waals surface area contributed by atoms with Crippen molar-refractivity contribution in [3.8, 4) is 0 Å². The van der Waals surface area contributed by atoms with Crippen LogP contribution in [-0.4, -0.2) is 18.1 Å². The fourth-order valence-electron chi connectivity index (χ4n) is 0.667. The predicted molar refractivity (Wildman–Crippen MR) is 34.6 cm³/mol. The molecule has 1 aromatic heterocycles. The number of aromatic nitrogens is 1. The zero-order valence-corrected chi connectivity index (χ0v) is 6.59. The second-order valence-corrected chi connectivity index (χ2v) is 3.53. The number of hydrogen-bond donors (Lipinski definition) is 0. The molecule has 0 bridgehead atoms. The maximum Gasteiger partial charge on any atom is 0.133 e. The van der Waals surface area contributed by atoms with Gasteiger partial charge in [0.2, 0.25) is 0 Å². The lowest BCUT2D eigenvalue weighted by Crippen LogP contribution is -2.01. The lowest BCUT2D eigenvalue weighted by molar-refractivity contribution is 0.390. The molecule has 0 saturated heterocycles. The highest BCUT2D eigenvalue weighted by atomic mass is 32.2. The topological polar surface area (TPSA) is 83.2 Å². The van der Waals surface area contributed by atoms with Crippen LogP contribution >= 0.6 is 0 Å². The van der Waals surface area contributed by atoms with E-state index in [1.165, 1.54) is 6.07 Å². The second-order valence-electron chi connectivity index (χ2n) is 2.13. The fourth-order valence-corrected chi connectivity index (χ4v) is 1.17. The van der Waals surface area contributed by atoms with E-state index in [-0.39, 0.29) is 5.69 Å². The van der Waals surface area contributed by atoms with Gasteiger partial charge in [-0.2, -0.15) is 0 Å². The molecule has 1 heterocycles. The molecule has 0 aliphatic heterocycles. The summed E-state index contributed by atoms with van der Waals surface area (Å²) in [5.41, 5.74) is 0.150. The zero-order chi connectivity index (χ0) is 8.48. The van der Waals surface area contributed by atoms with E-state index in [1.54, 1.807) is 6.92 Å². The van der Waals surface area contributed by atoms with Gasteiger partial charge in [0.1, 0.15) is 15.9 Å². The maximum absolute atomic E-state index is 10.2. The highest BCUT2D eigenvalue weighted by molar-refractivity contribution is 7.84. The zero-order valence-electron chi connectivity index (χ0n) is 5.77. The Labute approximate surface area is 63.8 Å². The second kappa shape index (κ2) is 2.63. The van der Waals surface area contributed by atoms with Crippen LogP contribution in [0.1, 0.15) is 11.5 Å². The van der Waals surface area contributed by atoms with Crippen LogP contribution < -0.4 is 0 Å². The van der Waals surface area contributed by atoms with E-state index < -0.39 is 15.9 Å². The Kier molecular flexibility index (Phi) is 1.97. The van der Waals surface area contributed by atoms with Gasteiger partial charge in [-0.1, -0.05) is 5.16 Å². The normalized spacial score (nSPS) is 11.8. The van der Waals surface area contributed by atoms with Crippen molar-refractivity contribution in [3.05, 3.63) is 17.5 Å². The van der Waals surface area contributed by atoms with E-state index in [2.05, 4.69) is 9.68 Å². The Balaban J connectivity index is 2.81. The van der Waals surface area contributed by atoms with Gasteiger partial charge in [-0.15, -0.1) is 0 Å². The molecular weight excluding hydrogens is 170 g/mol. The molecule has 0 aromatic carbocycles. The van der Waals surface area contributed by atoms with Gasteiger partial charge in [0.25, 0.3) is 0 Å². The van der Waals surface area contributed by atoms with Crippen molar-refractivity contribution in [3.63, 3.8) is 0 Å². The van der Waals surface area contributed by atoms with E-state index in [1.807, 2.05) is 0 Å².